The van der Waals surface area contributed by atoms with Gasteiger partial charge in [0.1, 0.15) is 5.54 Å². The summed E-state index contributed by atoms with van der Waals surface area (Å²) in [5.41, 5.74) is 3.23. The minimum Gasteiger partial charge on any atom is -0.357 e. The second-order valence-electron chi connectivity index (χ2n) is 6.60. The smallest absolute Gasteiger partial charge is 0.164 e. The lowest BCUT2D eigenvalue weighted by atomic mass is 9.86. The van der Waals surface area contributed by atoms with Gasteiger partial charge in [0.25, 0.3) is 0 Å². The van der Waals surface area contributed by atoms with Crippen LogP contribution < -0.4 is 10.2 Å². The number of Topliss-reactive ketones (excluding diaryl/α,β-unsaturated/α-hetero) is 1. The fourth-order valence-electron chi connectivity index (χ4n) is 4.01. The summed E-state index contributed by atoms with van der Waals surface area (Å²) in [4.78, 5) is 15.7. The molecule has 2 aliphatic heterocycles. The van der Waals surface area contributed by atoms with E-state index in [-0.39, 0.29) is 0 Å². The van der Waals surface area contributed by atoms with E-state index in [9.17, 15) is 4.79 Å². The van der Waals surface area contributed by atoms with Crippen molar-refractivity contribution in [2.45, 2.75) is 24.8 Å². The molecule has 1 unspecified atom stereocenters. The second-order valence-corrected chi connectivity index (χ2v) is 6.60. The lowest BCUT2D eigenvalue weighted by Crippen LogP contribution is -2.58. The molecule has 3 heteroatoms. The van der Waals surface area contributed by atoms with Crippen molar-refractivity contribution in [3.63, 3.8) is 0 Å². The van der Waals surface area contributed by atoms with Crippen molar-refractivity contribution in [1.82, 2.24) is 5.32 Å². The summed E-state index contributed by atoms with van der Waals surface area (Å²) in [6.07, 6.45) is 2.41. The van der Waals surface area contributed by atoms with Gasteiger partial charge in [-0.25, -0.2) is 0 Å². The predicted molar refractivity (Wildman–Crippen MR) is 92.9 cm³/mol. The van der Waals surface area contributed by atoms with Crippen LogP contribution in [0.2, 0.25) is 0 Å². The number of benzene rings is 2. The number of para-hydroxylation sites is 1. The summed E-state index contributed by atoms with van der Waals surface area (Å²) < 4.78 is 0. The summed E-state index contributed by atoms with van der Waals surface area (Å²) in [5.74, 6) is 0.328. The molecule has 2 heterocycles. The summed E-state index contributed by atoms with van der Waals surface area (Å²) >= 11 is 0. The van der Waals surface area contributed by atoms with Crippen LogP contribution in [-0.2, 0) is 17.6 Å². The lowest BCUT2D eigenvalue weighted by Gasteiger charge is -2.37. The highest BCUT2D eigenvalue weighted by Gasteiger charge is 2.49. The number of rotatable bonds is 3. The van der Waals surface area contributed by atoms with E-state index in [0.29, 0.717) is 12.2 Å². The lowest BCUT2D eigenvalue weighted by molar-refractivity contribution is -0.123. The number of ketones is 1. The molecule has 2 aliphatic rings. The Kier molecular flexibility index (Phi) is 3.66. The van der Waals surface area contributed by atoms with Gasteiger partial charge in [-0.2, -0.15) is 0 Å². The van der Waals surface area contributed by atoms with E-state index in [2.05, 4.69) is 34.5 Å². The molecule has 0 aromatic heterocycles. The van der Waals surface area contributed by atoms with Gasteiger partial charge in [0.15, 0.2) is 5.78 Å². The first-order valence-corrected chi connectivity index (χ1v) is 8.43. The fourth-order valence-corrected chi connectivity index (χ4v) is 4.01. The third-order valence-corrected chi connectivity index (χ3v) is 5.16. The monoisotopic (exact) mass is 306 g/mol. The van der Waals surface area contributed by atoms with E-state index in [0.717, 1.165) is 38.0 Å². The minimum absolute atomic E-state index is 0.328. The molecule has 1 atom stereocenters. The van der Waals surface area contributed by atoms with Crippen LogP contribution in [0.3, 0.4) is 0 Å². The van der Waals surface area contributed by atoms with Crippen LogP contribution in [0.15, 0.2) is 54.6 Å². The summed E-state index contributed by atoms with van der Waals surface area (Å²) in [6.45, 7) is 2.68. The number of nitrogens with one attached hydrogen (secondary N) is 1. The molecule has 0 amide bonds. The molecule has 0 bridgehead atoms. The average molecular weight is 306 g/mol. The Hall–Kier alpha value is -2.13. The largest absolute Gasteiger partial charge is 0.357 e. The molecule has 2 aromatic carbocycles. The Morgan fingerprint density at radius 1 is 1.09 bits per heavy atom. The van der Waals surface area contributed by atoms with Crippen LogP contribution in [0.4, 0.5) is 5.69 Å². The van der Waals surface area contributed by atoms with E-state index in [4.69, 9.17) is 0 Å². The van der Waals surface area contributed by atoms with Crippen molar-refractivity contribution in [3.05, 3.63) is 65.7 Å². The first-order chi connectivity index (χ1) is 11.3. The van der Waals surface area contributed by atoms with Gasteiger partial charge >= 0.3 is 0 Å². The number of hydrogen-bond acceptors (Lipinski definition) is 3. The normalized spacial score (nSPS) is 23.0. The number of carbonyl (C=O) groups excluding carboxylic acids is 1. The van der Waals surface area contributed by atoms with E-state index in [1.807, 2.05) is 30.3 Å². The minimum atomic E-state index is -0.421. The van der Waals surface area contributed by atoms with Crippen LogP contribution in [0.1, 0.15) is 17.5 Å². The summed E-state index contributed by atoms with van der Waals surface area (Å²) in [6, 6.07) is 18.6. The van der Waals surface area contributed by atoms with E-state index in [1.165, 1.54) is 11.3 Å². The Bertz CT molecular complexity index is 713. The Labute approximate surface area is 137 Å². The average Bonchev–Trinajstić information content (AvgIpc) is 2.75. The quantitative estimate of drug-likeness (QED) is 0.946. The van der Waals surface area contributed by atoms with Crippen LogP contribution in [-0.4, -0.2) is 31.0 Å². The zero-order valence-corrected chi connectivity index (χ0v) is 13.3. The van der Waals surface area contributed by atoms with Gasteiger partial charge < -0.3 is 10.2 Å². The zero-order valence-electron chi connectivity index (χ0n) is 13.3. The van der Waals surface area contributed by atoms with E-state index in [1.54, 1.807) is 0 Å². The maximum Gasteiger partial charge on any atom is 0.164 e. The van der Waals surface area contributed by atoms with Crippen molar-refractivity contribution in [2.75, 3.05) is 24.5 Å². The van der Waals surface area contributed by atoms with Gasteiger partial charge in [0, 0.05) is 31.6 Å². The van der Waals surface area contributed by atoms with Gasteiger partial charge in [0.05, 0.1) is 0 Å². The molecule has 0 aliphatic carbocycles. The number of nitrogens with zero attached hydrogens (tertiary/aromatic N) is 1. The van der Waals surface area contributed by atoms with Crippen LogP contribution in [0, 0.1) is 0 Å². The number of fused-ring (bicyclic) bond motifs is 3. The van der Waals surface area contributed by atoms with Gasteiger partial charge in [-0.05, 0) is 30.2 Å². The molecular formula is C20H22N2O. The molecule has 3 nitrogen and oxygen atoms in total. The van der Waals surface area contributed by atoms with Gasteiger partial charge in [-0.3, -0.25) is 4.79 Å². The SMILES string of the molecule is O=C(Cc1ccccc1)C12CNCCCN1c1ccccc1C2. The zero-order chi connectivity index (χ0) is 15.7. The number of hydrogen-bond donors (Lipinski definition) is 1. The molecule has 118 valence electrons. The second kappa shape index (κ2) is 5.82. The molecule has 23 heavy (non-hydrogen) atoms. The number of carbonyl (C=O) groups is 1. The standard InChI is InChI=1S/C20H22N2O/c23-19(13-16-7-2-1-3-8-16)20-14-17-9-4-5-10-18(17)22(20)12-6-11-21-15-20/h1-5,7-10,21H,6,11-15H2. The molecular weight excluding hydrogens is 284 g/mol. The van der Waals surface area contributed by atoms with E-state index >= 15 is 0 Å². The van der Waals surface area contributed by atoms with Crippen molar-refractivity contribution in [3.8, 4) is 0 Å². The van der Waals surface area contributed by atoms with Crippen LogP contribution in [0.25, 0.3) is 0 Å². The molecule has 1 N–H and O–H groups in total. The summed E-state index contributed by atoms with van der Waals surface area (Å²) in [7, 11) is 0. The maximum absolute atomic E-state index is 13.3. The van der Waals surface area contributed by atoms with Crippen molar-refractivity contribution >= 4 is 11.5 Å². The number of anilines is 1. The Balaban J connectivity index is 1.70. The van der Waals surface area contributed by atoms with Crippen molar-refractivity contribution < 1.29 is 4.79 Å². The van der Waals surface area contributed by atoms with Gasteiger partial charge in [-0.15, -0.1) is 0 Å². The molecule has 4 rings (SSSR count). The molecule has 0 spiro atoms. The summed E-state index contributed by atoms with van der Waals surface area (Å²) in [5, 5.41) is 3.50. The highest BCUT2D eigenvalue weighted by Crippen LogP contribution is 2.40. The third-order valence-electron chi connectivity index (χ3n) is 5.16. The topological polar surface area (TPSA) is 32.3 Å². The van der Waals surface area contributed by atoms with Crippen molar-refractivity contribution in [2.24, 2.45) is 0 Å². The molecule has 2 aromatic rings. The first-order valence-electron chi connectivity index (χ1n) is 8.43. The molecule has 1 saturated heterocycles. The van der Waals surface area contributed by atoms with Crippen molar-refractivity contribution in [1.29, 1.82) is 0 Å². The first kappa shape index (κ1) is 14.5. The highest BCUT2D eigenvalue weighted by atomic mass is 16.1. The fraction of sp³-hybridized carbons (Fsp3) is 0.350. The molecule has 0 radical (unpaired) electrons. The highest BCUT2D eigenvalue weighted by molar-refractivity contribution is 5.96. The van der Waals surface area contributed by atoms with Crippen LogP contribution >= 0.6 is 0 Å². The Morgan fingerprint density at radius 2 is 1.87 bits per heavy atom. The van der Waals surface area contributed by atoms with Crippen LogP contribution in [0.5, 0.6) is 0 Å². The van der Waals surface area contributed by atoms with E-state index < -0.39 is 5.54 Å². The maximum atomic E-state index is 13.3. The third kappa shape index (κ3) is 2.45. The Morgan fingerprint density at radius 3 is 2.74 bits per heavy atom. The predicted octanol–water partition coefficient (Wildman–Crippen LogP) is 2.59. The molecule has 0 saturated carbocycles. The van der Waals surface area contributed by atoms with Gasteiger partial charge in [0.2, 0.25) is 0 Å². The van der Waals surface area contributed by atoms with Gasteiger partial charge in [-0.1, -0.05) is 48.5 Å². The molecule has 1 fully saturated rings.